The number of hydrogen-bond donors (Lipinski definition) is 1. The molecule has 1 amide bonds. The Kier molecular flexibility index (Phi) is 4.88. The Balaban J connectivity index is 1.67. The Labute approximate surface area is 139 Å². The summed E-state index contributed by atoms with van der Waals surface area (Å²) < 4.78 is 0. The molecule has 118 valence electrons. The summed E-state index contributed by atoms with van der Waals surface area (Å²) in [5.74, 6) is 0.840. The van der Waals surface area contributed by atoms with Gasteiger partial charge >= 0.3 is 0 Å². The van der Waals surface area contributed by atoms with Gasteiger partial charge in [0.15, 0.2) is 0 Å². The number of pyridine rings is 1. The molecule has 0 saturated heterocycles. The summed E-state index contributed by atoms with van der Waals surface area (Å²) in [6, 6.07) is 16.0. The van der Waals surface area contributed by atoms with Crippen molar-refractivity contribution >= 4 is 34.0 Å². The second-order valence-corrected chi connectivity index (χ2v) is 6.26. The van der Waals surface area contributed by atoms with E-state index >= 15 is 0 Å². The lowest BCUT2D eigenvalue weighted by atomic mass is 10.2. The van der Waals surface area contributed by atoms with E-state index in [9.17, 15) is 4.79 Å². The summed E-state index contributed by atoms with van der Waals surface area (Å²) in [6.07, 6.45) is 0. The molecular weight excluding hydrogens is 306 g/mol. The average molecular weight is 325 g/mol. The van der Waals surface area contributed by atoms with Crippen LogP contribution >= 0.6 is 11.3 Å². The molecule has 1 aromatic carbocycles. The largest absolute Gasteiger partial charge is 0.350 e. The molecule has 2 heterocycles. The summed E-state index contributed by atoms with van der Waals surface area (Å²) in [5, 5.41) is 6.08. The number of benzene rings is 1. The predicted molar refractivity (Wildman–Crippen MR) is 95.8 cm³/mol. The van der Waals surface area contributed by atoms with Crippen LogP contribution in [0.25, 0.3) is 10.9 Å². The van der Waals surface area contributed by atoms with E-state index < -0.39 is 0 Å². The fourth-order valence-corrected chi connectivity index (χ4v) is 3.06. The molecule has 0 saturated carbocycles. The van der Waals surface area contributed by atoms with Gasteiger partial charge in [-0.15, -0.1) is 11.3 Å². The summed E-state index contributed by atoms with van der Waals surface area (Å²) in [7, 11) is 0. The standard InChI is InChI=1S/C18H19N3OS/c1-2-21(13-18(22)19-12-15-7-5-11-23-15)17-10-9-14-6-3-4-8-16(14)20-17/h3-11H,2,12-13H2,1H3,(H,19,22). The number of carbonyl (C=O) groups is 1. The number of carbonyl (C=O) groups excluding carboxylic acids is 1. The van der Waals surface area contributed by atoms with Crippen LogP contribution in [-0.2, 0) is 11.3 Å². The number of thiophene rings is 1. The zero-order valence-corrected chi connectivity index (χ0v) is 13.8. The molecule has 0 atom stereocenters. The van der Waals surface area contributed by atoms with Crippen LogP contribution in [-0.4, -0.2) is 24.0 Å². The Morgan fingerprint density at radius 1 is 1.17 bits per heavy atom. The number of aromatic nitrogens is 1. The van der Waals surface area contributed by atoms with E-state index in [1.165, 1.54) is 0 Å². The number of nitrogens with zero attached hydrogens (tertiary/aromatic N) is 2. The van der Waals surface area contributed by atoms with Crippen LogP contribution in [0.3, 0.4) is 0 Å². The summed E-state index contributed by atoms with van der Waals surface area (Å²) in [4.78, 5) is 20.0. The van der Waals surface area contributed by atoms with Crippen molar-refractivity contribution in [1.82, 2.24) is 10.3 Å². The number of rotatable bonds is 6. The fraction of sp³-hybridized carbons (Fsp3) is 0.222. The van der Waals surface area contributed by atoms with Gasteiger partial charge in [0.05, 0.1) is 18.6 Å². The van der Waals surface area contributed by atoms with Crippen molar-refractivity contribution in [3.05, 3.63) is 58.8 Å². The highest BCUT2D eigenvalue weighted by Gasteiger charge is 2.11. The molecule has 23 heavy (non-hydrogen) atoms. The van der Waals surface area contributed by atoms with Gasteiger partial charge in [0.25, 0.3) is 0 Å². The van der Waals surface area contributed by atoms with Crippen LogP contribution in [0.15, 0.2) is 53.9 Å². The van der Waals surface area contributed by atoms with Crippen molar-refractivity contribution in [3.8, 4) is 0 Å². The lowest BCUT2D eigenvalue weighted by Crippen LogP contribution is -2.37. The van der Waals surface area contributed by atoms with Gasteiger partial charge in [-0.2, -0.15) is 0 Å². The second-order valence-electron chi connectivity index (χ2n) is 5.23. The molecule has 0 unspecified atom stereocenters. The van der Waals surface area contributed by atoms with Crippen molar-refractivity contribution < 1.29 is 4.79 Å². The molecule has 0 aliphatic rings. The molecule has 4 nitrogen and oxygen atoms in total. The SMILES string of the molecule is CCN(CC(=O)NCc1cccs1)c1ccc2ccccc2n1. The van der Waals surface area contributed by atoms with Crippen molar-refractivity contribution in [2.75, 3.05) is 18.0 Å². The number of anilines is 1. The van der Waals surface area contributed by atoms with Crippen molar-refractivity contribution in [2.24, 2.45) is 0 Å². The highest BCUT2D eigenvalue weighted by atomic mass is 32.1. The van der Waals surface area contributed by atoms with Crippen LogP contribution in [0.4, 0.5) is 5.82 Å². The van der Waals surface area contributed by atoms with Crippen molar-refractivity contribution in [3.63, 3.8) is 0 Å². The molecule has 0 aliphatic carbocycles. The third kappa shape index (κ3) is 3.87. The topological polar surface area (TPSA) is 45.2 Å². The van der Waals surface area contributed by atoms with Crippen LogP contribution in [0.5, 0.6) is 0 Å². The first-order chi connectivity index (χ1) is 11.3. The van der Waals surface area contributed by atoms with E-state index in [0.717, 1.165) is 28.1 Å². The van der Waals surface area contributed by atoms with E-state index in [0.29, 0.717) is 13.1 Å². The fourth-order valence-electron chi connectivity index (χ4n) is 2.41. The molecule has 3 rings (SSSR count). The molecule has 0 bridgehead atoms. The first-order valence-corrected chi connectivity index (χ1v) is 8.54. The molecule has 2 aromatic heterocycles. The van der Waals surface area contributed by atoms with Gasteiger partial charge in [0.1, 0.15) is 5.82 Å². The van der Waals surface area contributed by atoms with E-state index in [1.54, 1.807) is 11.3 Å². The van der Waals surface area contributed by atoms with E-state index in [2.05, 4.69) is 10.3 Å². The van der Waals surface area contributed by atoms with Crippen molar-refractivity contribution in [2.45, 2.75) is 13.5 Å². The molecule has 0 radical (unpaired) electrons. The van der Waals surface area contributed by atoms with Gasteiger partial charge in [-0.1, -0.05) is 24.3 Å². The number of fused-ring (bicyclic) bond motifs is 1. The quantitative estimate of drug-likeness (QED) is 0.755. The van der Waals surface area contributed by atoms with Gasteiger partial charge in [-0.3, -0.25) is 4.79 Å². The monoisotopic (exact) mass is 325 g/mol. The van der Waals surface area contributed by atoms with Gasteiger partial charge in [0.2, 0.25) is 5.91 Å². The number of likely N-dealkylation sites (N-methyl/N-ethyl adjacent to an activating group) is 1. The number of para-hydroxylation sites is 1. The molecule has 0 aliphatic heterocycles. The third-order valence-electron chi connectivity index (χ3n) is 3.66. The predicted octanol–water partition coefficient (Wildman–Crippen LogP) is 3.44. The highest BCUT2D eigenvalue weighted by Crippen LogP contribution is 2.17. The van der Waals surface area contributed by atoms with Crippen LogP contribution in [0.1, 0.15) is 11.8 Å². The van der Waals surface area contributed by atoms with E-state index in [4.69, 9.17) is 0 Å². The maximum Gasteiger partial charge on any atom is 0.239 e. The highest BCUT2D eigenvalue weighted by molar-refractivity contribution is 7.09. The summed E-state index contributed by atoms with van der Waals surface area (Å²) >= 11 is 1.65. The summed E-state index contributed by atoms with van der Waals surface area (Å²) in [5.41, 5.74) is 0.947. The van der Waals surface area contributed by atoms with Crippen LogP contribution < -0.4 is 10.2 Å². The zero-order valence-electron chi connectivity index (χ0n) is 13.0. The smallest absolute Gasteiger partial charge is 0.239 e. The number of nitrogens with one attached hydrogen (secondary N) is 1. The number of hydrogen-bond acceptors (Lipinski definition) is 4. The maximum absolute atomic E-state index is 12.2. The molecule has 3 aromatic rings. The lowest BCUT2D eigenvalue weighted by Gasteiger charge is -2.21. The van der Waals surface area contributed by atoms with Crippen LogP contribution in [0, 0.1) is 0 Å². The van der Waals surface area contributed by atoms with Crippen molar-refractivity contribution in [1.29, 1.82) is 0 Å². The molecule has 5 heteroatoms. The second kappa shape index (κ2) is 7.24. The van der Waals surface area contributed by atoms with Gasteiger partial charge in [-0.05, 0) is 36.6 Å². The Hall–Kier alpha value is -2.40. The molecule has 0 spiro atoms. The first kappa shape index (κ1) is 15.5. The Bertz CT molecular complexity index is 786. The van der Waals surface area contributed by atoms with E-state index in [1.807, 2.05) is 65.7 Å². The minimum absolute atomic E-state index is 0.00945. The first-order valence-electron chi connectivity index (χ1n) is 7.66. The van der Waals surface area contributed by atoms with E-state index in [-0.39, 0.29) is 5.91 Å². The minimum atomic E-state index is 0.00945. The number of amides is 1. The Morgan fingerprint density at radius 3 is 2.83 bits per heavy atom. The normalized spacial score (nSPS) is 10.7. The molecule has 1 N–H and O–H groups in total. The molecule has 0 fully saturated rings. The maximum atomic E-state index is 12.2. The minimum Gasteiger partial charge on any atom is -0.350 e. The third-order valence-corrected chi connectivity index (χ3v) is 4.54. The lowest BCUT2D eigenvalue weighted by molar-refractivity contribution is -0.119. The van der Waals surface area contributed by atoms with Gasteiger partial charge in [0, 0.05) is 16.8 Å². The Morgan fingerprint density at radius 2 is 2.04 bits per heavy atom. The molecular formula is C18H19N3OS. The van der Waals surface area contributed by atoms with Gasteiger partial charge < -0.3 is 10.2 Å². The summed E-state index contributed by atoms with van der Waals surface area (Å²) in [6.45, 7) is 3.66. The zero-order chi connectivity index (χ0) is 16.1. The van der Waals surface area contributed by atoms with Crippen LogP contribution in [0.2, 0.25) is 0 Å². The van der Waals surface area contributed by atoms with Gasteiger partial charge in [-0.25, -0.2) is 4.98 Å². The average Bonchev–Trinajstić information content (AvgIpc) is 3.11.